The first-order valence-corrected chi connectivity index (χ1v) is 10.3. The largest absolute Gasteiger partial charge is 0.469 e. The number of hydrogen-bond acceptors (Lipinski definition) is 4. The highest BCUT2D eigenvalue weighted by Crippen LogP contribution is 2.24. The summed E-state index contributed by atoms with van der Waals surface area (Å²) in [6.07, 6.45) is 8.54. The number of hydrogen-bond donors (Lipinski definition) is 1. The average molecular weight is 438 g/mol. The molecule has 148 valence electrons. The molecule has 1 aliphatic rings. The van der Waals surface area contributed by atoms with E-state index in [4.69, 9.17) is 0 Å². The third-order valence-corrected chi connectivity index (χ3v) is 5.33. The van der Waals surface area contributed by atoms with Gasteiger partial charge in [-0.1, -0.05) is 53.1 Å². The first-order chi connectivity index (χ1) is 13.0. The van der Waals surface area contributed by atoms with Gasteiger partial charge in [0, 0.05) is 23.9 Å². The molecule has 1 N–H and O–H groups in total. The molecule has 27 heavy (non-hydrogen) atoms. The van der Waals surface area contributed by atoms with Gasteiger partial charge in [0.25, 0.3) is 0 Å². The molecule has 2 rings (SSSR count). The number of ether oxygens (including phenoxy) is 1. The first-order valence-electron chi connectivity index (χ1n) is 9.49. The van der Waals surface area contributed by atoms with E-state index in [2.05, 4.69) is 20.7 Å². The molecule has 5 nitrogen and oxygen atoms in total. The van der Waals surface area contributed by atoms with Crippen LogP contribution in [0.5, 0.6) is 0 Å². The van der Waals surface area contributed by atoms with E-state index >= 15 is 0 Å². The van der Waals surface area contributed by atoms with Crippen molar-refractivity contribution in [2.75, 3.05) is 13.7 Å². The van der Waals surface area contributed by atoms with Crippen molar-refractivity contribution in [3.05, 3.63) is 46.5 Å². The Morgan fingerprint density at radius 3 is 2.89 bits per heavy atom. The number of aliphatic hydroxyl groups is 1. The molecule has 1 aromatic carbocycles. The molecule has 0 aliphatic carbocycles. The van der Waals surface area contributed by atoms with E-state index in [1.807, 2.05) is 35.2 Å². The smallest absolute Gasteiger partial charge is 0.305 e. The molecule has 0 bridgehead atoms. The van der Waals surface area contributed by atoms with E-state index in [0.29, 0.717) is 12.8 Å². The SMILES string of the molecule is COC(=O)CCCCCCN1C(=O)CCC1/C=C/[C@@H](O)c1cccc(Br)c1. The van der Waals surface area contributed by atoms with Crippen LogP contribution in [0.1, 0.15) is 56.6 Å². The Labute approximate surface area is 169 Å². The highest BCUT2D eigenvalue weighted by Gasteiger charge is 2.28. The fourth-order valence-corrected chi connectivity index (χ4v) is 3.71. The molecule has 1 fully saturated rings. The molecule has 1 amide bonds. The van der Waals surface area contributed by atoms with Crippen molar-refractivity contribution < 1.29 is 19.4 Å². The topological polar surface area (TPSA) is 66.8 Å². The Kier molecular flexibility index (Phi) is 9.01. The lowest BCUT2D eigenvalue weighted by atomic mass is 10.1. The zero-order chi connectivity index (χ0) is 19.6. The van der Waals surface area contributed by atoms with Crippen molar-refractivity contribution in [1.29, 1.82) is 0 Å². The number of unbranched alkanes of at least 4 members (excludes halogenated alkanes) is 3. The van der Waals surface area contributed by atoms with Gasteiger partial charge in [-0.15, -0.1) is 0 Å². The van der Waals surface area contributed by atoms with Crippen LogP contribution in [0.25, 0.3) is 0 Å². The van der Waals surface area contributed by atoms with Gasteiger partial charge in [-0.2, -0.15) is 0 Å². The van der Waals surface area contributed by atoms with Crippen molar-refractivity contribution in [3.8, 4) is 0 Å². The van der Waals surface area contributed by atoms with Gasteiger partial charge in [0.15, 0.2) is 0 Å². The number of halogens is 1. The maximum absolute atomic E-state index is 12.2. The summed E-state index contributed by atoms with van der Waals surface area (Å²) >= 11 is 3.41. The second-order valence-corrected chi connectivity index (χ2v) is 7.73. The van der Waals surface area contributed by atoms with Gasteiger partial charge >= 0.3 is 5.97 Å². The molecule has 0 aromatic heterocycles. The summed E-state index contributed by atoms with van der Waals surface area (Å²) in [6, 6.07) is 7.63. The monoisotopic (exact) mass is 437 g/mol. The molecule has 1 aliphatic heterocycles. The van der Waals surface area contributed by atoms with Crippen molar-refractivity contribution in [2.24, 2.45) is 0 Å². The second kappa shape index (κ2) is 11.2. The summed E-state index contributed by atoms with van der Waals surface area (Å²) < 4.78 is 5.56. The Morgan fingerprint density at radius 2 is 2.15 bits per heavy atom. The summed E-state index contributed by atoms with van der Waals surface area (Å²) in [5.41, 5.74) is 0.821. The van der Waals surface area contributed by atoms with Crippen LogP contribution in [-0.2, 0) is 14.3 Å². The van der Waals surface area contributed by atoms with Crippen molar-refractivity contribution in [3.63, 3.8) is 0 Å². The van der Waals surface area contributed by atoms with Crippen LogP contribution in [0, 0.1) is 0 Å². The van der Waals surface area contributed by atoms with Crippen LogP contribution in [0.15, 0.2) is 40.9 Å². The van der Waals surface area contributed by atoms with Crippen LogP contribution < -0.4 is 0 Å². The van der Waals surface area contributed by atoms with Gasteiger partial charge in [-0.05, 0) is 37.0 Å². The van der Waals surface area contributed by atoms with Gasteiger partial charge in [-0.25, -0.2) is 0 Å². The molecule has 0 saturated carbocycles. The van der Waals surface area contributed by atoms with Crippen LogP contribution >= 0.6 is 15.9 Å². The number of carbonyl (C=O) groups excluding carboxylic acids is 2. The molecule has 1 unspecified atom stereocenters. The fourth-order valence-electron chi connectivity index (χ4n) is 3.29. The number of likely N-dealkylation sites (tertiary alicyclic amines) is 1. The number of nitrogens with zero attached hydrogens (tertiary/aromatic N) is 1. The number of aliphatic hydroxyl groups excluding tert-OH is 1. The highest BCUT2D eigenvalue weighted by molar-refractivity contribution is 9.10. The van der Waals surface area contributed by atoms with E-state index in [-0.39, 0.29) is 17.9 Å². The Bertz CT molecular complexity index is 661. The third kappa shape index (κ3) is 7.11. The minimum Gasteiger partial charge on any atom is -0.469 e. The minimum absolute atomic E-state index is 0.0503. The molecule has 1 heterocycles. The summed E-state index contributed by atoms with van der Waals surface area (Å²) in [6.45, 7) is 0.721. The zero-order valence-electron chi connectivity index (χ0n) is 15.8. The molecule has 2 atom stereocenters. The third-order valence-electron chi connectivity index (χ3n) is 4.84. The van der Waals surface area contributed by atoms with E-state index < -0.39 is 6.10 Å². The Hall–Kier alpha value is -1.66. The number of amides is 1. The van der Waals surface area contributed by atoms with Gasteiger partial charge < -0.3 is 14.7 Å². The van der Waals surface area contributed by atoms with E-state index in [9.17, 15) is 14.7 Å². The molecule has 0 spiro atoms. The molecule has 1 saturated heterocycles. The summed E-state index contributed by atoms with van der Waals surface area (Å²) in [7, 11) is 1.41. The van der Waals surface area contributed by atoms with Crippen LogP contribution in [0.4, 0.5) is 0 Å². The minimum atomic E-state index is -0.682. The molecule has 6 heteroatoms. The van der Waals surface area contributed by atoms with Gasteiger partial charge in [0.1, 0.15) is 0 Å². The Morgan fingerprint density at radius 1 is 1.37 bits per heavy atom. The lowest BCUT2D eigenvalue weighted by Crippen LogP contribution is -2.32. The quantitative estimate of drug-likeness (QED) is 0.339. The lowest BCUT2D eigenvalue weighted by Gasteiger charge is -2.22. The van der Waals surface area contributed by atoms with Crippen LogP contribution in [0.2, 0.25) is 0 Å². The summed E-state index contributed by atoms with van der Waals surface area (Å²) in [5.74, 6) is 0.00933. The zero-order valence-corrected chi connectivity index (χ0v) is 17.4. The van der Waals surface area contributed by atoms with Crippen molar-refractivity contribution >= 4 is 27.8 Å². The van der Waals surface area contributed by atoms with E-state index in [0.717, 1.165) is 48.7 Å². The first kappa shape index (κ1) is 21.6. The predicted molar refractivity (Wildman–Crippen MR) is 108 cm³/mol. The average Bonchev–Trinajstić information content (AvgIpc) is 3.02. The highest BCUT2D eigenvalue weighted by atomic mass is 79.9. The molecule has 1 aromatic rings. The van der Waals surface area contributed by atoms with Gasteiger partial charge in [-0.3, -0.25) is 9.59 Å². The number of rotatable bonds is 10. The summed E-state index contributed by atoms with van der Waals surface area (Å²) in [5, 5.41) is 10.3. The number of methoxy groups -OCH3 is 1. The van der Waals surface area contributed by atoms with Gasteiger partial charge in [0.2, 0.25) is 5.91 Å². The van der Waals surface area contributed by atoms with Crippen molar-refractivity contribution in [1.82, 2.24) is 4.90 Å². The summed E-state index contributed by atoms with van der Waals surface area (Å²) in [4.78, 5) is 25.1. The van der Waals surface area contributed by atoms with Crippen LogP contribution in [-0.4, -0.2) is 41.6 Å². The van der Waals surface area contributed by atoms with Gasteiger partial charge in [0.05, 0.1) is 19.3 Å². The number of benzene rings is 1. The molecule has 0 radical (unpaired) electrons. The van der Waals surface area contributed by atoms with Crippen molar-refractivity contribution in [2.45, 2.75) is 57.1 Å². The lowest BCUT2D eigenvalue weighted by molar-refractivity contribution is -0.140. The second-order valence-electron chi connectivity index (χ2n) is 6.82. The number of esters is 1. The Balaban J connectivity index is 1.78. The standard InChI is InChI=1S/C21H28BrNO4/c1-27-21(26)9-4-2-3-5-14-23-18(11-13-20(23)25)10-12-19(24)16-7-6-8-17(22)15-16/h6-8,10,12,15,18-19,24H,2-5,9,11,13-14H2,1H3/b12-10+/t18?,19-/m1/s1. The predicted octanol–water partition coefficient (Wildman–Crippen LogP) is 4.15. The van der Waals surface area contributed by atoms with Crippen LogP contribution in [0.3, 0.4) is 0 Å². The van der Waals surface area contributed by atoms with E-state index in [1.165, 1.54) is 7.11 Å². The number of carbonyl (C=O) groups is 2. The van der Waals surface area contributed by atoms with E-state index in [1.54, 1.807) is 6.08 Å². The molecular weight excluding hydrogens is 410 g/mol. The normalized spacial score (nSPS) is 18.3. The maximum atomic E-state index is 12.2. The molecular formula is C21H28BrNO4. The maximum Gasteiger partial charge on any atom is 0.305 e. The fraction of sp³-hybridized carbons (Fsp3) is 0.524.